The van der Waals surface area contributed by atoms with Crippen molar-refractivity contribution >= 4 is 41.3 Å². The van der Waals surface area contributed by atoms with Gasteiger partial charge in [-0.05, 0) is 37.1 Å². The van der Waals surface area contributed by atoms with Gasteiger partial charge in [0.05, 0.1) is 25.8 Å². The van der Waals surface area contributed by atoms with Crippen molar-refractivity contribution < 1.29 is 4.74 Å². The summed E-state index contributed by atoms with van der Waals surface area (Å²) in [6.45, 7) is 8.49. The van der Waals surface area contributed by atoms with E-state index in [1.807, 2.05) is 11.3 Å². The minimum Gasteiger partial charge on any atom is -0.379 e. The van der Waals surface area contributed by atoms with Crippen molar-refractivity contribution in [1.29, 1.82) is 0 Å². The molecule has 1 unspecified atom stereocenters. The van der Waals surface area contributed by atoms with Crippen LogP contribution in [0.15, 0.2) is 22.5 Å². The van der Waals surface area contributed by atoms with E-state index in [1.165, 1.54) is 17.7 Å². The van der Waals surface area contributed by atoms with Gasteiger partial charge in [0.25, 0.3) is 0 Å². The Morgan fingerprint density at radius 2 is 2.17 bits per heavy atom. The van der Waals surface area contributed by atoms with Crippen LogP contribution in [-0.2, 0) is 4.74 Å². The fraction of sp³-hybridized carbons (Fsp3) is 0.706. The van der Waals surface area contributed by atoms with Crippen molar-refractivity contribution in [1.82, 2.24) is 15.5 Å². The zero-order chi connectivity index (χ0) is 15.9. The summed E-state index contributed by atoms with van der Waals surface area (Å²) in [6, 6.07) is 4.72. The van der Waals surface area contributed by atoms with Crippen LogP contribution >= 0.6 is 35.3 Å². The number of morpholine rings is 1. The van der Waals surface area contributed by atoms with Gasteiger partial charge in [-0.1, -0.05) is 6.07 Å². The second-order valence-corrected chi connectivity index (χ2v) is 7.20. The third-order valence-electron chi connectivity index (χ3n) is 4.38. The Hall–Kier alpha value is -0.380. The average molecular weight is 464 g/mol. The SMILES string of the molecule is CCNC(=NCC(c1cccs1)N1CCOCC1)NCC1CC1.I. The lowest BCUT2D eigenvalue weighted by molar-refractivity contribution is 0.0186. The molecule has 1 saturated heterocycles. The first-order valence-electron chi connectivity index (χ1n) is 8.74. The largest absolute Gasteiger partial charge is 0.379 e. The number of aliphatic imine (C=N–C) groups is 1. The summed E-state index contributed by atoms with van der Waals surface area (Å²) in [5.41, 5.74) is 0. The van der Waals surface area contributed by atoms with E-state index < -0.39 is 0 Å². The van der Waals surface area contributed by atoms with Gasteiger partial charge < -0.3 is 15.4 Å². The molecule has 1 aliphatic heterocycles. The number of nitrogens with zero attached hydrogens (tertiary/aromatic N) is 2. The summed E-state index contributed by atoms with van der Waals surface area (Å²) in [4.78, 5) is 8.76. The highest BCUT2D eigenvalue weighted by Crippen LogP contribution is 2.28. The summed E-state index contributed by atoms with van der Waals surface area (Å²) in [6.07, 6.45) is 2.72. The lowest BCUT2D eigenvalue weighted by atomic mass is 10.2. The van der Waals surface area contributed by atoms with Crippen LogP contribution in [0, 0.1) is 5.92 Å². The molecule has 1 saturated carbocycles. The minimum atomic E-state index is 0. The molecule has 136 valence electrons. The molecule has 2 N–H and O–H groups in total. The van der Waals surface area contributed by atoms with Crippen LogP contribution in [0.1, 0.15) is 30.7 Å². The number of hydrogen-bond donors (Lipinski definition) is 2. The summed E-state index contributed by atoms with van der Waals surface area (Å²) in [7, 11) is 0. The van der Waals surface area contributed by atoms with Crippen molar-refractivity contribution in [3.05, 3.63) is 22.4 Å². The quantitative estimate of drug-likeness (QED) is 0.370. The van der Waals surface area contributed by atoms with Gasteiger partial charge in [-0.3, -0.25) is 9.89 Å². The number of nitrogens with one attached hydrogen (secondary N) is 2. The highest BCUT2D eigenvalue weighted by molar-refractivity contribution is 14.0. The molecule has 2 fully saturated rings. The Labute approximate surface area is 166 Å². The first kappa shape index (κ1) is 19.9. The molecular weight excluding hydrogens is 435 g/mol. The maximum Gasteiger partial charge on any atom is 0.191 e. The molecule has 0 radical (unpaired) electrons. The van der Waals surface area contributed by atoms with Crippen LogP contribution < -0.4 is 10.6 Å². The van der Waals surface area contributed by atoms with E-state index in [0.29, 0.717) is 6.04 Å². The molecule has 3 rings (SSSR count). The average Bonchev–Trinajstić information content (AvgIpc) is 3.26. The summed E-state index contributed by atoms with van der Waals surface area (Å²) in [5, 5.41) is 9.01. The van der Waals surface area contributed by atoms with Crippen LogP contribution in [0.3, 0.4) is 0 Å². The third-order valence-corrected chi connectivity index (χ3v) is 5.35. The summed E-state index contributed by atoms with van der Waals surface area (Å²) in [5.74, 6) is 1.81. The molecule has 2 aliphatic rings. The maximum atomic E-state index is 5.50. The van der Waals surface area contributed by atoms with Crippen molar-refractivity contribution in [2.75, 3.05) is 45.9 Å². The predicted octanol–water partition coefficient (Wildman–Crippen LogP) is 2.70. The Morgan fingerprint density at radius 3 is 2.79 bits per heavy atom. The molecule has 7 heteroatoms. The Bertz CT molecular complexity index is 487. The van der Waals surface area contributed by atoms with Gasteiger partial charge in [0, 0.05) is 31.1 Å². The number of halogens is 1. The molecule has 0 spiro atoms. The number of guanidine groups is 1. The predicted molar refractivity (Wildman–Crippen MR) is 112 cm³/mol. The van der Waals surface area contributed by atoms with Crippen LogP contribution in [0.25, 0.3) is 0 Å². The van der Waals surface area contributed by atoms with Crippen LogP contribution in [0.2, 0.25) is 0 Å². The number of rotatable bonds is 7. The Balaban J connectivity index is 0.00000208. The molecule has 24 heavy (non-hydrogen) atoms. The molecule has 5 nitrogen and oxygen atoms in total. The normalized spacial score (nSPS) is 20.3. The first-order valence-corrected chi connectivity index (χ1v) is 9.62. The molecule has 1 aromatic rings. The molecule has 1 aliphatic carbocycles. The highest BCUT2D eigenvalue weighted by atomic mass is 127. The van der Waals surface area contributed by atoms with Crippen LogP contribution in [0.5, 0.6) is 0 Å². The van der Waals surface area contributed by atoms with E-state index >= 15 is 0 Å². The smallest absolute Gasteiger partial charge is 0.191 e. The van der Waals surface area contributed by atoms with E-state index in [0.717, 1.165) is 57.8 Å². The zero-order valence-corrected chi connectivity index (χ0v) is 17.5. The first-order chi connectivity index (χ1) is 11.4. The molecule has 1 atom stereocenters. The standard InChI is InChI=1S/C17H28N4OS.HI/c1-2-18-17(19-12-14-5-6-14)20-13-15(16-4-3-11-23-16)21-7-9-22-10-8-21;/h3-4,11,14-15H,2,5-10,12-13H2,1H3,(H2,18,19,20);1H. The monoisotopic (exact) mass is 464 g/mol. The third kappa shape index (κ3) is 6.16. The summed E-state index contributed by atoms with van der Waals surface area (Å²) < 4.78 is 5.50. The maximum absolute atomic E-state index is 5.50. The van der Waals surface area contributed by atoms with Crippen molar-refractivity contribution in [3.63, 3.8) is 0 Å². The van der Waals surface area contributed by atoms with Gasteiger partial charge in [-0.25, -0.2) is 0 Å². The Morgan fingerprint density at radius 1 is 1.38 bits per heavy atom. The van der Waals surface area contributed by atoms with Gasteiger partial charge in [-0.15, -0.1) is 35.3 Å². The molecule has 0 aromatic carbocycles. The molecular formula is C17H29IN4OS. The van der Waals surface area contributed by atoms with E-state index in [4.69, 9.17) is 9.73 Å². The second-order valence-electron chi connectivity index (χ2n) is 6.22. The number of hydrogen-bond acceptors (Lipinski definition) is 4. The van der Waals surface area contributed by atoms with Crippen molar-refractivity contribution in [2.24, 2.45) is 10.9 Å². The lowest BCUT2D eigenvalue weighted by Crippen LogP contribution is -2.42. The molecule has 2 heterocycles. The minimum absolute atomic E-state index is 0. The molecule has 0 amide bonds. The van der Waals surface area contributed by atoms with Crippen molar-refractivity contribution in [3.8, 4) is 0 Å². The zero-order valence-electron chi connectivity index (χ0n) is 14.4. The fourth-order valence-electron chi connectivity index (χ4n) is 2.84. The van der Waals surface area contributed by atoms with Gasteiger partial charge in [0.15, 0.2) is 5.96 Å². The second kappa shape index (κ2) is 10.6. The van der Waals surface area contributed by atoms with Gasteiger partial charge in [-0.2, -0.15) is 0 Å². The Kier molecular flexibility index (Phi) is 8.79. The molecule has 1 aromatic heterocycles. The van der Waals surface area contributed by atoms with Gasteiger partial charge >= 0.3 is 0 Å². The highest BCUT2D eigenvalue weighted by Gasteiger charge is 2.24. The van der Waals surface area contributed by atoms with Gasteiger partial charge in [0.1, 0.15) is 0 Å². The van der Waals surface area contributed by atoms with Crippen LogP contribution in [-0.4, -0.2) is 56.8 Å². The van der Waals surface area contributed by atoms with Crippen LogP contribution in [0.4, 0.5) is 0 Å². The summed E-state index contributed by atoms with van der Waals surface area (Å²) >= 11 is 1.83. The molecule has 0 bridgehead atoms. The lowest BCUT2D eigenvalue weighted by Gasteiger charge is -2.33. The number of thiophene rings is 1. The van der Waals surface area contributed by atoms with Gasteiger partial charge in [0.2, 0.25) is 0 Å². The fourth-order valence-corrected chi connectivity index (χ4v) is 3.69. The van der Waals surface area contributed by atoms with Crippen molar-refractivity contribution in [2.45, 2.75) is 25.8 Å². The van der Waals surface area contributed by atoms with E-state index in [1.54, 1.807) is 0 Å². The van der Waals surface area contributed by atoms with E-state index in [2.05, 4.69) is 40.0 Å². The number of ether oxygens (including phenoxy) is 1. The van der Waals surface area contributed by atoms with E-state index in [9.17, 15) is 0 Å². The topological polar surface area (TPSA) is 48.9 Å². The van der Waals surface area contributed by atoms with E-state index in [-0.39, 0.29) is 24.0 Å².